The number of hydrogen-bond donors (Lipinski definition) is 1. The average molecular weight is 275 g/mol. The molecule has 0 saturated carbocycles. The number of hydrogen-bond acceptors (Lipinski definition) is 4. The molecule has 1 unspecified atom stereocenters. The van der Waals surface area contributed by atoms with Crippen molar-refractivity contribution >= 4 is 28.9 Å². The summed E-state index contributed by atoms with van der Waals surface area (Å²) in [6.45, 7) is 2.17. The molecule has 98 valence electrons. The van der Waals surface area contributed by atoms with E-state index < -0.39 is 0 Å². The monoisotopic (exact) mass is 274 g/mol. The lowest BCUT2D eigenvalue weighted by Gasteiger charge is -2.36. The number of fused-ring (bicyclic) bond motifs is 1. The van der Waals surface area contributed by atoms with E-state index in [4.69, 9.17) is 17.3 Å². The number of nitrogens with two attached hydrogens (primary N) is 1. The van der Waals surface area contributed by atoms with Gasteiger partial charge in [-0.25, -0.2) is 9.97 Å². The molecule has 0 spiro atoms. The van der Waals surface area contributed by atoms with Crippen molar-refractivity contribution in [3.8, 4) is 0 Å². The zero-order valence-corrected chi connectivity index (χ0v) is 11.4. The predicted molar refractivity (Wildman–Crippen MR) is 77.8 cm³/mol. The number of aromatic nitrogens is 2. The Morgan fingerprint density at radius 2 is 2.11 bits per heavy atom. The summed E-state index contributed by atoms with van der Waals surface area (Å²) in [5, 5.41) is 0.422. The quantitative estimate of drug-likeness (QED) is 0.868. The average Bonchev–Trinajstić information content (AvgIpc) is 2.43. The van der Waals surface area contributed by atoms with Gasteiger partial charge in [-0.05, 0) is 31.4 Å². The molecule has 2 N–H and O–H groups in total. The van der Waals surface area contributed by atoms with Crippen molar-refractivity contribution in [2.45, 2.75) is 25.8 Å². The number of aryl methyl sites for hydroxylation is 1. The van der Waals surface area contributed by atoms with Crippen molar-refractivity contribution in [1.29, 1.82) is 0 Å². The second-order valence-electron chi connectivity index (χ2n) is 4.78. The minimum absolute atomic E-state index is 0.321. The molecule has 19 heavy (non-hydrogen) atoms. The molecule has 1 atom stereocenters. The van der Waals surface area contributed by atoms with Crippen molar-refractivity contribution in [3.63, 3.8) is 0 Å². The number of anilines is 3. The van der Waals surface area contributed by atoms with Crippen LogP contribution in [0.3, 0.4) is 0 Å². The van der Waals surface area contributed by atoms with Gasteiger partial charge in [-0.15, -0.1) is 0 Å². The Morgan fingerprint density at radius 3 is 2.95 bits per heavy atom. The summed E-state index contributed by atoms with van der Waals surface area (Å²) in [6.07, 6.45) is 3.60. The van der Waals surface area contributed by atoms with Gasteiger partial charge in [0.05, 0.1) is 0 Å². The Kier molecular flexibility index (Phi) is 3.03. The molecule has 2 aromatic rings. The molecule has 5 heteroatoms. The highest BCUT2D eigenvalue weighted by Gasteiger charge is 2.27. The number of nitrogens with zero attached hydrogens (tertiary/aromatic N) is 3. The predicted octanol–water partition coefficient (Wildman–Crippen LogP) is 3.19. The topological polar surface area (TPSA) is 55.0 Å². The lowest BCUT2D eigenvalue weighted by Crippen LogP contribution is -2.34. The van der Waals surface area contributed by atoms with E-state index in [2.05, 4.69) is 40.0 Å². The summed E-state index contributed by atoms with van der Waals surface area (Å²) < 4.78 is 0. The van der Waals surface area contributed by atoms with Crippen LogP contribution in [0, 0.1) is 0 Å². The van der Waals surface area contributed by atoms with Crippen molar-refractivity contribution in [2.75, 3.05) is 10.6 Å². The standard InChI is InChI=1S/C14H15ClN4/c1-9-6-7-10-4-2-3-5-11(10)19(9)14-12(15)13(16)17-8-18-14/h2-5,8-9H,6-7H2,1H3,(H2,16,17,18). The third-order valence-corrected chi connectivity index (χ3v) is 3.91. The maximum atomic E-state index is 6.27. The summed E-state index contributed by atoms with van der Waals surface area (Å²) >= 11 is 6.27. The van der Waals surface area contributed by atoms with Gasteiger partial charge in [-0.3, -0.25) is 0 Å². The molecule has 0 fully saturated rings. The maximum Gasteiger partial charge on any atom is 0.157 e. The van der Waals surface area contributed by atoms with Gasteiger partial charge in [-0.1, -0.05) is 29.8 Å². The van der Waals surface area contributed by atoms with Gasteiger partial charge < -0.3 is 10.6 Å². The maximum absolute atomic E-state index is 6.27. The molecule has 0 radical (unpaired) electrons. The smallest absolute Gasteiger partial charge is 0.157 e. The van der Waals surface area contributed by atoms with Crippen LogP contribution in [-0.2, 0) is 6.42 Å². The minimum atomic E-state index is 0.321. The second kappa shape index (κ2) is 4.70. The fourth-order valence-corrected chi connectivity index (χ4v) is 2.74. The molecule has 1 aromatic carbocycles. The largest absolute Gasteiger partial charge is 0.382 e. The Balaban J connectivity index is 2.16. The molecular weight excluding hydrogens is 260 g/mol. The summed E-state index contributed by atoms with van der Waals surface area (Å²) in [6, 6.07) is 8.67. The summed E-state index contributed by atoms with van der Waals surface area (Å²) in [7, 11) is 0. The molecular formula is C14H15ClN4. The molecule has 1 aliphatic heterocycles. The summed E-state index contributed by atoms with van der Waals surface area (Å²) in [4.78, 5) is 10.4. The summed E-state index contributed by atoms with van der Waals surface area (Å²) in [5.74, 6) is 1.01. The molecule has 0 bridgehead atoms. The van der Waals surface area contributed by atoms with Crippen molar-refractivity contribution < 1.29 is 0 Å². The molecule has 0 amide bonds. The zero-order chi connectivity index (χ0) is 13.4. The van der Waals surface area contributed by atoms with E-state index in [0.717, 1.165) is 18.5 Å². The molecule has 0 aliphatic carbocycles. The van der Waals surface area contributed by atoms with Gasteiger partial charge in [-0.2, -0.15) is 0 Å². The number of benzene rings is 1. The first kappa shape index (κ1) is 12.2. The SMILES string of the molecule is CC1CCc2ccccc2N1c1ncnc(N)c1Cl. The van der Waals surface area contributed by atoms with E-state index in [-0.39, 0.29) is 0 Å². The lowest BCUT2D eigenvalue weighted by atomic mass is 9.96. The van der Waals surface area contributed by atoms with Crippen molar-refractivity contribution in [1.82, 2.24) is 9.97 Å². The third-order valence-electron chi connectivity index (χ3n) is 3.55. The van der Waals surface area contributed by atoms with Crippen LogP contribution < -0.4 is 10.6 Å². The van der Waals surface area contributed by atoms with Crippen molar-refractivity contribution in [3.05, 3.63) is 41.2 Å². The van der Waals surface area contributed by atoms with Crippen LogP contribution in [-0.4, -0.2) is 16.0 Å². The van der Waals surface area contributed by atoms with Crippen LogP contribution >= 0.6 is 11.6 Å². The van der Waals surface area contributed by atoms with Crippen LogP contribution in [0.25, 0.3) is 0 Å². The Bertz CT molecular complexity index is 614. The number of rotatable bonds is 1. The van der Waals surface area contributed by atoms with Gasteiger partial charge in [0.15, 0.2) is 5.82 Å². The first-order valence-corrected chi connectivity index (χ1v) is 6.69. The van der Waals surface area contributed by atoms with E-state index >= 15 is 0 Å². The Hall–Kier alpha value is -1.81. The van der Waals surface area contributed by atoms with Gasteiger partial charge in [0.1, 0.15) is 17.2 Å². The van der Waals surface area contributed by atoms with E-state index in [1.54, 1.807) is 0 Å². The van der Waals surface area contributed by atoms with Crippen LogP contribution in [0.2, 0.25) is 5.02 Å². The lowest BCUT2D eigenvalue weighted by molar-refractivity contribution is 0.613. The third kappa shape index (κ3) is 2.02. The van der Waals surface area contributed by atoms with Crippen LogP contribution in [0.1, 0.15) is 18.9 Å². The Labute approximate surface area is 117 Å². The zero-order valence-electron chi connectivity index (χ0n) is 10.7. The second-order valence-corrected chi connectivity index (χ2v) is 5.16. The molecule has 1 aromatic heterocycles. The number of halogens is 1. The molecule has 4 nitrogen and oxygen atoms in total. The highest BCUT2D eigenvalue weighted by Crippen LogP contribution is 2.39. The molecule has 0 saturated heterocycles. The van der Waals surface area contributed by atoms with Crippen LogP contribution in [0.15, 0.2) is 30.6 Å². The fourth-order valence-electron chi connectivity index (χ4n) is 2.55. The minimum Gasteiger partial charge on any atom is -0.382 e. The Morgan fingerprint density at radius 1 is 1.32 bits per heavy atom. The number of nitrogen functional groups attached to an aromatic ring is 1. The van der Waals surface area contributed by atoms with E-state index in [1.807, 2.05) is 6.07 Å². The highest BCUT2D eigenvalue weighted by molar-refractivity contribution is 6.35. The van der Waals surface area contributed by atoms with E-state index in [9.17, 15) is 0 Å². The van der Waals surface area contributed by atoms with Gasteiger partial charge in [0.25, 0.3) is 0 Å². The molecule has 1 aliphatic rings. The van der Waals surface area contributed by atoms with Gasteiger partial charge in [0, 0.05) is 11.7 Å². The summed E-state index contributed by atoms with van der Waals surface area (Å²) in [5.41, 5.74) is 8.25. The van der Waals surface area contributed by atoms with Crippen LogP contribution in [0.4, 0.5) is 17.3 Å². The number of para-hydroxylation sites is 1. The highest BCUT2D eigenvalue weighted by atomic mass is 35.5. The fraction of sp³-hybridized carbons (Fsp3) is 0.286. The van der Waals surface area contributed by atoms with Gasteiger partial charge in [0.2, 0.25) is 0 Å². The normalized spacial score (nSPS) is 18.2. The first-order chi connectivity index (χ1) is 9.18. The van der Waals surface area contributed by atoms with Gasteiger partial charge >= 0.3 is 0 Å². The molecule has 2 heterocycles. The van der Waals surface area contributed by atoms with E-state index in [1.165, 1.54) is 11.9 Å². The van der Waals surface area contributed by atoms with Crippen LogP contribution in [0.5, 0.6) is 0 Å². The molecule has 3 rings (SSSR count). The first-order valence-electron chi connectivity index (χ1n) is 6.31. The van der Waals surface area contributed by atoms with E-state index in [0.29, 0.717) is 22.7 Å². The van der Waals surface area contributed by atoms with Crippen molar-refractivity contribution in [2.24, 2.45) is 0 Å².